The monoisotopic (exact) mass is 391 g/mol. The molecule has 6 heteroatoms. The largest absolute Gasteiger partial charge is 0.352 e. The second-order valence-electron chi connectivity index (χ2n) is 6.27. The zero-order valence-electron chi connectivity index (χ0n) is 14.9. The summed E-state index contributed by atoms with van der Waals surface area (Å²) in [5.74, 6) is -0.130. The molecule has 1 N–H and O–H groups in total. The van der Waals surface area contributed by atoms with Gasteiger partial charge in [0.25, 0.3) is 5.91 Å². The molecule has 0 radical (unpaired) electrons. The summed E-state index contributed by atoms with van der Waals surface area (Å²) in [6.45, 7) is 1.55. The van der Waals surface area contributed by atoms with Crippen LogP contribution in [0.25, 0.3) is 16.6 Å². The summed E-state index contributed by atoms with van der Waals surface area (Å²) < 4.78 is 1.92. The van der Waals surface area contributed by atoms with Crippen molar-refractivity contribution in [2.75, 3.05) is 27.2 Å². The van der Waals surface area contributed by atoms with Crippen molar-refractivity contribution in [1.29, 1.82) is 0 Å². The maximum absolute atomic E-state index is 12.7. The van der Waals surface area contributed by atoms with E-state index in [9.17, 15) is 4.79 Å². The van der Waals surface area contributed by atoms with Gasteiger partial charge in [-0.25, -0.2) is 0 Å². The predicted molar refractivity (Wildman–Crippen MR) is 111 cm³/mol. The highest BCUT2D eigenvalue weighted by Gasteiger charge is 2.21. The highest BCUT2D eigenvalue weighted by atomic mass is 35.5. The van der Waals surface area contributed by atoms with Gasteiger partial charge >= 0.3 is 0 Å². The molecule has 2 aromatic carbocycles. The molecule has 0 atom stereocenters. The first-order chi connectivity index (χ1) is 12.1. The molecule has 1 amide bonds. The number of rotatable bonds is 6. The molecular formula is C20H23Cl2N3O. The Morgan fingerprint density at radius 3 is 2.42 bits per heavy atom. The van der Waals surface area contributed by atoms with Gasteiger partial charge in [-0.05, 0) is 45.3 Å². The molecule has 0 fully saturated rings. The Balaban J connectivity index is 0.00000243. The first-order valence-corrected chi connectivity index (χ1v) is 8.74. The van der Waals surface area contributed by atoms with E-state index >= 15 is 0 Å². The molecule has 0 saturated heterocycles. The summed E-state index contributed by atoms with van der Waals surface area (Å²) in [6.07, 6.45) is 0.897. The summed E-state index contributed by atoms with van der Waals surface area (Å²) in [7, 11) is 4.04. The van der Waals surface area contributed by atoms with Crippen LogP contribution in [0.15, 0.2) is 54.6 Å². The van der Waals surface area contributed by atoms with Gasteiger partial charge in [0.2, 0.25) is 0 Å². The smallest absolute Gasteiger partial charge is 0.255 e. The quantitative estimate of drug-likeness (QED) is 0.632. The van der Waals surface area contributed by atoms with Crippen LogP contribution in [0.2, 0.25) is 5.15 Å². The van der Waals surface area contributed by atoms with Crippen LogP contribution in [0.5, 0.6) is 0 Å². The minimum absolute atomic E-state index is 0. The fourth-order valence-electron chi connectivity index (χ4n) is 2.94. The molecule has 0 aliphatic carbocycles. The molecule has 1 heterocycles. The average Bonchev–Trinajstić information content (AvgIpc) is 2.91. The molecule has 0 aliphatic heterocycles. The Morgan fingerprint density at radius 2 is 1.73 bits per heavy atom. The minimum Gasteiger partial charge on any atom is -0.352 e. The van der Waals surface area contributed by atoms with E-state index in [1.165, 1.54) is 0 Å². The first kappa shape index (κ1) is 20.3. The molecular weight excluding hydrogens is 369 g/mol. The zero-order chi connectivity index (χ0) is 17.8. The lowest BCUT2D eigenvalue weighted by Crippen LogP contribution is -2.27. The Labute approximate surface area is 165 Å². The molecule has 4 nitrogen and oxygen atoms in total. The van der Waals surface area contributed by atoms with Crippen LogP contribution in [0.1, 0.15) is 16.8 Å². The number of fused-ring (bicyclic) bond motifs is 1. The van der Waals surface area contributed by atoms with Crippen molar-refractivity contribution in [2.24, 2.45) is 0 Å². The van der Waals surface area contributed by atoms with Crippen molar-refractivity contribution >= 4 is 40.8 Å². The molecule has 138 valence electrons. The lowest BCUT2D eigenvalue weighted by molar-refractivity contribution is 0.0954. The summed E-state index contributed by atoms with van der Waals surface area (Å²) in [4.78, 5) is 14.8. The summed E-state index contributed by atoms with van der Waals surface area (Å²) in [6, 6.07) is 17.7. The van der Waals surface area contributed by atoms with Gasteiger partial charge in [-0.2, -0.15) is 0 Å². The van der Waals surface area contributed by atoms with Gasteiger partial charge in [0.05, 0.1) is 11.1 Å². The fourth-order valence-corrected chi connectivity index (χ4v) is 3.32. The SMILES string of the molecule is CN(C)CCCNC(=O)c1c(Cl)n(-c2ccccc2)c2ccccc12.Cl. The standard InChI is InChI=1S/C20H22ClN3O.ClH/c1-23(2)14-8-13-22-20(25)18-16-11-6-7-12-17(16)24(19(18)21)15-9-4-3-5-10-15;/h3-7,9-12H,8,13-14H2,1-2H3,(H,22,25);1H. The van der Waals surface area contributed by atoms with E-state index in [1.54, 1.807) is 0 Å². The third-order valence-electron chi connectivity index (χ3n) is 4.13. The van der Waals surface area contributed by atoms with E-state index in [2.05, 4.69) is 10.2 Å². The number of hydrogen-bond acceptors (Lipinski definition) is 2. The van der Waals surface area contributed by atoms with E-state index in [0.717, 1.165) is 29.6 Å². The number of carbonyl (C=O) groups is 1. The number of para-hydroxylation sites is 2. The normalized spacial score (nSPS) is 10.8. The van der Waals surface area contributed by atoms with Crippen LogP contribution in [-0.2, 0) is 0 Å². The lowest BCUT2D eigenvalue weighted by Gasteiger charge is -2.10. The zero-order valence-corrected chi connectivity index (χ0v) is 16.5. The Hall–Kier alpha value is -2.01. The average molecular weight is 392 g/mol. The van der Waals surface area contributed by atoms with Crippen LogP contribution < -0.4 is 5.32 Å². The predicted octanol–water partition coefficient (Wildman–Crippen LogP) is 4.39. The highest BCUT2D eigenvalue weighted by molar-refractivity contribution is 6.36. The Kier molecular flexibility index (Phi) is 7.09. The van der Waals surface area contributed by atoms with E-state index in [-0.39, 0.29) is 18.3 Å². The number of nitrogens with one attached hydrogen (secondary N) is 1. The minimum atomic E-state index is -0.130. The van der Waals surface area contributed by atoms with Crippen LogP contribution >= 0.6 is 24.0 Å². The van der Waals surface area contributed by atoms with Crippen molar-refractivity contribution in [1.82, 2.24) is 14.8 Å². The summed E-state index contributed by atoms with van der Waals surface area (Å²) in [5, 5.41) is 4.29. The van der Waals surface area contributed by atoms with Crippen LogP contribution in [0.4, 0.5) is 0 Å². The number of carbonyl (C=O) groups excluding carboxylic acids is 1. The van der Waals surface area contributed by atoms with Crippen molar-refractivity contribution in [2.45, 2.75) is 6.42 Å². The van der Waals surface area contributed by atoms with Gasteiger partial charge in [-0.1, -0.05) is 48.0 Å². The Bertz CT molecular complexity index is 875. The number of amides is 1. The molecule has 1 aromatic heterocycles. The second-order valence-corrected chi connectivity index (χ2v) is 6.62. The van der Waals surface area contributed by atoms with Crippen molar-refractivity contribution in [3.8, 4) is 5.69 Å². The van der Waals surface area contributed by atoms with Gasteiger partial charge in [0.1, 0.15) is 5.15 Å². The summed E-state index contributed by atoms with van der Waals surface area (Å²) in [5.41, 5.74) is 2.40. The van der Waals surface area contributed by atoms with E-state index in [4.69, 9.17) is 11.6 Å². The maximum Gasteiger partial charge on any atom is 0.255 e. The molecule has 0 bridgehead atoms. The molecule has 0 aliphatic rings. The maximum atomic E-state index is 12.7. The third kappa shape index (κ3) is 4.21. The molecule has 0 unspecified atom stereocenters. The van der Waals surface area contributed by atoms with Crippen LogP contribution in [0, 0.1) is 0 Å². The van der Waals surface area contributed by atoms with Crippen LogP contribution in [0.3, 0.4) is 0 Å². The molecule has 3 rings (SSSR count). The molecule has 0 spiro atoms. The topological polar surface area (TPSA) is 37.3 Å². The third-order valence-corrected chi connectivity index (χ3v) is 4.48. The van der Waals surface area contributed by atoms with E-state index < -0.39 is 0 Å². The lowest BCUT2D eigenvalue weighted by atomic mass is 10.1. The molecule has 3 aromatic rings. The Morgan fingerprint density at radius 1 is 1.08 bits per heavy atom. The van der Waals surface area contributed by atoms with Crippen LogP contribution in [-0.4, -0.2) is 42.6 Å². The number of benzene rings is 2. The van der Waals surface area contributed by atoms with Crippen molar-refractivity contribution in [3.63, 3.8) is 0 Å². The van der Waals surface area contributed by atoms with Gasteiger partial charge in [-0.3, -0.25) is 9.36 Å². The van der Waals surface area contributed by atoms with Gasteiger partial charge in [-0.15, -0.1) is 12.4 Å². The second kappa shape index (κ2) is 9.08. The van der Waals surface area contributed by atoms with E-state index in [1.807, 2.05) is 73.3 Å². The van der Waals surface area contributed by atoms with Gasteiger partial charge in [0, 0.05) is 17.6 Å². The van der Waals surface area contributed by atoms with Gasteiger partial charge < -0.3 is 10.2 Å². The highest BCUT2D eigenvalue weighted by Crippen LogP contribution is 2.32. The first-order valence-electron chi connectivity index (χ1n) is 8.37. The molecule has 26 heavy (non-hydrogen) atoms. The number of aromatic nitrogens is 1. The molecule has 0 saturated carbocycles. The number of nitrogens with zero attached hydrogens (tertiary/aromatic N) is 2. The van der Waals surface area contributed by atoms with Crippen molar-refractivity contribution < 1.29 is 4.79 Å². The van der Waals surface area contributed by atoms with Crippen molar-refractivity contribution in [3.05, 3.63) is 65.3 Å². The number of hydrogen-bond donors (Lipinski definition) is 1. The number of halogens is 2. The fraction of sp³-hybridized carbons (Fsp3) is 0.250. The van der Waals surface area contributed by atoms with E-state index in [0.29, 0.717) is 17.3 Å². The van der Waals surface area contributed by atoms with Gasteiger partial charge in [0.15, 0.2) is 0 Å². The summed E-state index contributed by atoms with van der Waals surface area (Å²) >= 11 is 6.64.